The fourth-order valence-corrected chi connectivity index (χ4v) is 2.90. The molecule has 0 saturated carbocycles. The second-order valence-electron chi connectivity index (χ2n) is 5.08. The number of halogens is 2. The molecule has 0 fully saturated rings. The van der Waals surface area contributed by atoms with Crippen molar-refractivity contribution in [2.45, 2.75) is 26.8 Å². The molecule has 0 radical (unpaired) electrons. The first-order valence-corrected chi connectivity index (χ1v) is 7.57. The van der Waals surface area contributed by atoms with Crippen molar-refractivity contribution in [3.8, 4) is 0 Å². The molecular weight excluding hydrogens is 317 g/mol. The van der Waals surface area contributed by atoms with Gasteiger partial charge in [-0.1, -0.05) is 46.6 Å². The highest BCUT2D eigenvalue weighted by atomic mass is 79.9. The highest BCUT2D eigenvalue weighted by molar-refractivity contribution is 9.10. The van der Waals surface area contributed by atoms with Gasteiger partial charge in [-0.15, -0.1) is 0 Å². The Morgan fingerprint density at radius 1 is 1.10 bits per heavy atom. The minimum Gasteiger partial charge on any atom is -0.306 e. The van der Waals surface area contributed by atoms with E-state index < -0.39 is 0 Å². The van der Waals surface area contributed by atoms with Crippen molar-refractivity contribution >= 4 is 15.9 Å². The van der Waals surface area contributed by atoms with Crippen LogP contribution in [0.5, 0.6) is 0 Å². The van der Waals surface area contributed by atoms with E-state index in [2.05, 4.69) is 47.2 Å². The van der Waals surface area contributed by atoms with Crippen LogP contribution in [0.3, 0.4) is 0 Å². The smallest absolute Gasteiger partial charge is 0.123 e. The van der Waals surface area contributed by atoms with Crippen molar-refractivity contribution in [2.24, 2.45) is 0 Å². The molecule has 2 aromatic carbocycles. The molecule has 0 bridgehead atoms. The van der Waals surface area contributed by atoms with Crippen LogP contribution < -0.4 is 5.32 Å². The maximum absolute atomic E-state index is 13.7. The first-order valence-electron chi connectivity index (χ1n) is 6.77. The van der Waals surface area contributed by atoms with Gasteiger partial charge in [-0.2, -0.15) is 0 Å². The zero-order chi connectivity index (χ0) is 14.7. The van der Waals surface area contributed by atoms with Gasteiger partial charge in [0.2, 0.25) is 0 Å². The zero-order valence-electron chi connectivity index (χ0n) is 12.0. The van der Waals surface area contributed by atoms with Crippen molar-refractivity contribution in [3.05, 3.63) is 68.9 Å². The molecule has 20 heavy (non-hydrogen) atoms. The van der Waals surface area contributed by atoms with Gasteiger partial charge < -0.3 is 5.32 Å². The Bertz CT molecular complexity index is 590. The predicted octanol–water partition coefficient (Wildman–Crippen LogP) is 4.90. The third kappa shape index (κ3) is 3.47. The van der Waals surface area contributed by atoms with Crippen LogP contribution in [0.4, 0.5) is 4.39 Å². The Labute approximate surface area is 128 Å². The SMILES string of the molecule is CCNC(c1cc(C)cc(F)c1)c1cc(C)ccc1Br. The Kier molecular flexibility index (Phi) is 4.95. The van der Waals surface area contributed by atoms with Crippen LogP contribution in [0.25, 0.3) is 0 Å². The summed E-state index contributed by atoms with van der Waals surface area (Å²) in [5, 5.41) is 3.44. The van der Waals surface area contributed by atoms with Gasteiger partial charge in [0.1, 0.15) is 5.82 Å². The van der Waals surface area contributed by atoms with Crippen LogP contribution in [0.1, 0.15) is 35.2 Å². The van der Waals surface area contributed by atoms with E-state index in [9.17, 15) is 4.39 Å². The second kappa shape index (κ2) is 6.51. The van der Waals surface area contributed by atoms with E-state index in [0.29, 0.717) is 0 Å². The van der Waals surface area contributed by atoms with Gasteiger partial charge >= 0.3 is 0 Å². The maximum Gasteiger partial charge on any atom is 0.123 e. The van der Waals surface area contributed by atoms with Crippen LogP contribution in [-0.2, 0) is 0 Å². The molecule has 2 aromatic rings. The first-order chi connectivity index (χ1) is 9.51. The predicted molar refractivity (Wildman–Crippen MR) is 85.5 cm³/mol. The summed E-state index contributed by atoms with van der Waals surface area (Å²) in [6.07, 6.45) is 0. The highest BCUT2D eigenvalue weighted by Crippen LogP contribution is 2.30. The van der Waals surface area contributed by atoms with Crippen LogP contribution in [-0.4, -0.2) is 6.54 Å². The fraction of sp³-hybridized carbons (Fsp3) is 0.294. The third-order valence-electron chi connectivity index (χ3n) is 3.27. The molecule has 1 nitrogen and oxygen atoms in total. The summed E-state index contributed by atoms with van der Waals surface area (Å²) < 4.78 is 14.7. The van der Waals surface area contributed by atoms with Gasteiger partial charge in [0, 0.05) is 4.47 Å². The van der Waals surface area contributed by atoms with Crippen molar-refractivity contribution in [2.75, 3.05) is 6.54 Å². The second-order valence-corrected chi connectivity index (χ2v) is 5.93. The lowest BCUT2D eigenvalue weighted by Gasteiger charge is -2.21. The van der Waals surface area contributed by atoms with Gasteiger partial charge in [0.15, 0.2) is 0 Å². The lowest BCUT2D eigenvalue weighted by Crippen LogP contribution is -2.22. The average Bonchev–Trinajstić information content (AvgIpc) is 2.38. The van der Waals surface area contributed by atoms with Gasteiger partial charge in [0.25, 0.3) is 0 Å². The molecule has 1 N–H and O–H groups in total. The summed E-state index contributed by atoms with van der Waals surface area (Å²) in [5.74, 6) is -0.188. The molecule has 0 aliphatic heterocycles. The highest BCUT2D eigenvalue weighted by Gasteiger charge is 2.17. The lowest BCUT2D eigenvalue weighted by atomic mass is 9.96. The summed E-state index contributed by atoms with van der Waals surface area (Å²) in [4.78, 5) is 0. The Hall–Kier alpha value is -1.19. The summed E-state index contributed by atoms with van der Waals surface area (Å²) in [6.45, 7) is 6.86. The van der Waals surface area contributed by atoms with Crippen LogP contribution in [0, 0.1) is 19.7 Å². The number of hydrogen-bond acceptors (Lipinski definition) is 1. The van der Waals surface area contributed by atoms with Crippen molar-refractivity contribution in [3.63, 3.8) is 0 Å². The van der Waals surface area contributed by atoms with E-state index in [1.807, 2.05) is 19.1 Å². The van der Waals surface area contributed by atoms with Gasteiger partial charge in [-0.05, 0) is 55.3 Å². The molecule has 0 aliphatic rings. The molecule has 0 aliphatic carbocycles. The molecule has 0 saturated heterocycles. The molecule has 1 unspecified atom stereocenters. The molecule has 0 heterocycles. The maximum atomic E-state index is 13.7. The monoisotopic (exact) mass is 335 g/mol. The molecular formula is C17H19BrFN. The fourth-order valence-electron chi connectivity index (χ4n) is 2.43. The molecule has 2 rings (SSSR count). The Balaban J connectivity index is 2.52. The number of benzene rings is 2. The normalized spacial score (nSPS) is 12.4. The summed E-state index contributed by atoms with van der Waals surface area (Å²) in [7, 11) is 0. The average molecular weight is 336 g/mol. The quantitative estimate of drug-likeness (QED) is 0.837. The molecule has 106 valence electrons. The zero-order valence-corrected chi connectivity index (χ0v) is 13.6. The van der Waals surface area contributed by atoms with Crippen LogP contribution in [0.15, 0.2) is 40.9 Å². The van der Waals surface area contributed by atoms with Crippen molar-refractivity contribution in [1.82, 2.24) is 5.32 Å². The number of rotatable bonds is 4. The molecule has 3 heteroatoms. The lowest BCUT2D eigenvalue weighted by molar-refractivity contribution is 0.600. The minimum absolute atomic E-state index is 0.0105. The Morgan fingerprint density at radius 3 is 2.50 bits per heavy atom. The summed E-state index contributed by atoms with van der Waals surface area (Å²) in [6, 6.07) is 11.4. The van der Waals surface area contributed by atoms with Gasteiger partial charge in [-0.25, -0.2) is 4.39 Å². The molecule has 0 aromatic heterocycles. The van der Waals surface area contributed by atoms with E-state index in [4.69, 9.17) is 0 Å². The van der Waals surface area contributed by atoms with E-state index >= 15 is 0 Å². The van der Waals surface area contributed by atoms with E-state index in [0.717, 1.165) is 27.7 Å². The molecule has 0 amide bonds. The van der Waals surface area contributed by atoms with Gasteiger partial charge in [-0.3, -0.25) is 0 Å². The first kappa shape index (κ1) is 15.2. The minimum atomic E-state index is -0.188. The van der Waals surface area contributed by atoms with Gasteiger partial charge in [0.05, 0.1) is 6.04 Å². The summed E-state index contributed by atoms with van der Waals surface area (Å²) >= 11 is 3.60. The standard InChI is InChI=1S/C17H19BrFN/c1-4-20-17(13-7-12(3)8-14(19)10-13)15-9-11(2)5-6-16(15)18/h5-10,17,20H,4H2,1-3H3. The van der Waals surface area contributed by atoms with Crippen LogP contribution >= 0.6 is 15.9 Å². The number of aryl methyl sites for hydroxylation is 2. The van der Waals surface area contributed by atoms with E-state index in [1.165, 1.54) is 5.56 Å². The van der Waals surface area contributed by atoms with Crippen molar-refractivity contribution in [1.29, 1.82) is 0 Å². The van der Waals surface area contributed by atoms with E-state index in [-0.39, 0.29) is 11.9 Å². The summed E-state index contributed by atoms with van der Waals surface area (Å²) in [5.41, 5.74) is 4.22. The molecule has 1 atom stereocenters. The van der Waals surface area contributed by atoms with E-state index in [1.54, 1.807) is 12.1 Å². The molecule has 0 spiro atoms. The largest absolute Gasteiger partial charge is 0.306 e. The Morgan fingerprint density at radius 2 is 1.85 bits per heavy atom. The number of hydrogen-bond donors (Lipinski definition) is 1. The topological polar surface area (TPSA) is 12.0 Å². The number of nitrogens with one attached hydrogen (secondary N) is 1. The van der Waals surface area contributed by atoms with Crippen molar-refractivity contribution < 1.29 is 4.39 Å². The third-order valence-corrected chi connectivity index (χ3v) is 3.99. The van der Waals surface area contributed by atoms with Crippen LogP contribution in [0.2, 0.25) is 0 Å².